The molecule has 0 bridgehead atoms. The Labute approximate surface area is 103 Å². The highest BCUT2D eigenvalue weighted by atomic mass is 19.1. The van der Waals surface area contributed by atoms with Crippen LogP contribution in [0, 0.1) is 29.9 Å². The van der Waals surface area contributed by atoms with E-state index in [1.807, 2.05) is 0 Å². The lowest BCUT2D eigenvalue weighted by Gasteiger charge is -2.08. The van der Waals surface area contributed by atoms with Crippen molar-refractivity contribution in [1.29, 1.82) is 5.26 Å². The van der Waals surface area contributed by atoms with Gasteiger partial charge in [-0.1, -0.05) is 0 Å². The summed E-state index contributed by atoms with van der Waals surface area (Å²) in [5.74, 6) is -0.868. The van der Waals surface area contributed by atoms with E-state index in [-0.39, 0.29) is 11.4 Å². The fourth-order valence-corrected chi connectivity index (χ4v) is 1.57. The molecule has 0 unspecified atom stereocenters. The van der Waals surface area contributed by atoms with Crippen molar-refractivity contribution in [2.24, 2.45) is 0 Å². The van der Waals surface area contributed by atoms with E-state index in [9.17, 15) is 8.78 Å². The Kier molecular flexibility index (Phi) is 3.24. The second kappa shape index (κ2) is 4.84. The van der Waals surface area contributed by atoms with E-state index in [0.29, 0.717) is 16.9 Å². The summed E-state index contributed by atoms with van der Waals surface area (Å²) in [4.78, 5) is 0. The number of benzene rings is 2. The van der Waals surface area contributed by atoms with E-state index >= 15 is 0 Å². The van der Waals surface area contributed by atoms with Gasteiger partial charge in [0.25, 0.3) is 0 Å². The standard InChI is InChI=1S/C14H10F2N2/c1-9-6-11(4-5-13(9)15)18-12-3-2-10(8-17)14(16)7-12/h2-7,18H,1H3. The number of nitrogens with zero attached hydrogens (tertiary/aromatic N) is 1. The van der Waals surface area contributed by atoms with Crippen LogP contribution in [0.1, 0.15) is 11.1 Å². The molecule has 2 rings (SSSR count). The van der Waals surface area contributed by atoms with Gasteiger partial charge in [-0.05, 0) is 48.9 Å². The molecule has 4 heteroatoms. The molecule has 2 aromatic carbocycles. The first kappa shape index (κ1) is 12.1. The molecule has 1 N–H and O–H groups in total. The minimum atomic E-state index is -0.582. The van der Waals surface area contributed by atoms with E-state index in [1.165, 1.54) is 18.2 Å². The highest BCUT2D eigenvalue weighted by Crippen LogP contribution is 2.21. The van der Waals surface area contributed by atoms with Crippen molar-refractivity contribution < 1.29 is 8.78 Å². The summed E-state index contributed by atoms with van der Waals surface area (Å²) < 4.78 is 26.5. The first-order chi connectivity index (χ1) is 8.60. The molecule has 0 amide bonds. The van der Waals surface area contributed by atoms with Gasteiger partial charge < -0.3 is 5.32 Å². The van der Waals surface area contributed by atoms with Gasteiger partial charge in [0.2, 0.25) is 0 Å². The lowest BCUT2D eigenvalue weighted by molar-refractivity contribution is 0.618. The number of aryl methyl sites for hydroxylation is 1. The van der Waals surface area contributed by atoms with Gasteiger partial charge >= 0.3 is 0 Å². The fourth-order valence-electron chi connectivity index (χ4n) is 1.57. The Morgan fingerprint density at radius 2 is 1.67 bits per heavy atom. The van der Waals surface area contributed by atoms with Crippen LogP contribution in [0.15, 0.2) is 36.4 Å². The van der Waals surface area contributed by atoms with E-state index in [2.05, 4.69) is 5.32 Å². The Morgan fingerprint density at radius 3 is 2.28 bits per heavy atom. The van der Waals surface area contributed by atoms with Crippen LogP contribution in [0.5, 0.6) is 0 Å². The van der Waals surface area contributed by atoms with Crippen molar-refractivity contribution in [3.8, 4) is 6.07 Å². The predicted molar refractivity (Wildman–Crippen MR) is 65.5 cm³/mol. The fraction of sp³-hybridized carbons (Fsp3) is 0.0714. The summed E-state index contributed by atoms with van der Waals surface area (Å²) in [6.07, 6.45) is 0. The maximum absolute atomic E-state index is 13.4. The van der Waals surface area contributed by atoms with Crippen LogP contribution in [-0.2, 0) is 0 Å². The second-order valence-electron chi connectivity index (χ2n) is 3.90. The van der Waals surface area contributed by atoms with Crippen molar-refractivity contribution >= 4 is 11.4 Å². The molecule has 18 heavy (non-hydrogen) atoms. The molecular weight excluding hydrogens is 234 g/mol. The van der Waals surface area contributed by atoms with Crippen molar-refractivity contribution in [2.45, 2.75) is 6.92 Å². The molecule has 0 spiro atoms. The van der Waals surface area contributed by atoms with Crippen molar-refractivity contribution in [1.82, 2.24) is 0 Å². The highest BCUT2D eigenvalue weighted by Gasteiger charge is 2.04. The Bertz CT molecular complexity index is 630. The molecule has 0 fully saturated rings. The van der Waals surface area contributed by atoms with Gasteiger partial charge in [-0.15, -0.1) is 0 Å². The molecule has 0 aromatic heterocycles. The SMILES string of the molecule is Cc1cc(Nc2ccc(C#N)c(F)c2)ccc1F. The summed E-state index contributed by atoms with van der Waals surface area (Å²) >= 11 is 0. The van der Waals surface area contributed by atoms with Crippen molar-refractivity contribution in [3.63, 3.8) is 0 Å². The maximum atomic E-state index is 13.4. The molecule has 0 saturated carbocycles. The third-order valence-corrected chi connectivity index (χ3v) is 2.54. The van der Waals surface area contributed by atoms with Crippen LogP contribution in [0.2, 0.25) is 0 Å². The van der Waals surface area contributed by atoms with E-state index in [1.54, 1.807) is 31.2 Å². The first-order valence-electron chi connectivity index (χ1n) is 5.33. The van der Waals surface area contributed by atoms with Gasteiger partial charge in [0.1, 0.15) is 17.7 Å². The summed E-state index contributed by atoms with van der Waals surface area (Å²) in [5.41, 5.74) is 1.68. The quantitative estimate of drug-likeness (QED) is 0.869. The lowest BCUT2D eigenvalue weighted by atomic mass is 10.2. The molecule has 90 valence electrons. The number of nitrogens with one attached hydrogen (secondary N) is 1. The van der Waals surface area contributed by atoms with E-state index in [4.69, 9.17) is 5.26 Å². The zero-order valence-electron chi connectivity index (χ0n) is 9.67. The van der Waals surface area contributed by atoms with Gasteiger partial charge in [-0.2, -0.15) is 5.26 Å². The molecule has 0 aliphatic heterocycles. The Morgan fingerprint density at radius 1 is 1.00 bits per heavy atom. The summed E-state index contributed by atoms with van der Waals surface area (Å²) in [6, 6.07) is 10.5. The summed E-state index contributed by atoms with van der Waals surface area (Å²) in [6.45, 7) is 1.65. The number of hydrogen-bond acceptors (Lipinski definition) is 2. The maximum Gasteiger partial charge on any atom is 0.143 e. The molecule has 2 aromatic rings. The molecule has 0 heterocycles. The number of halogens is 2. The van der Waals surface area contributed by atoms with Gasteiger partial charge in [0.05, 0.1) is 5.56 Å². The third kappa shape index (κ3) is 2.46. The highest BCUT2D eigenvalue weighted by molar-refractivity contribution is 5.61. The minimum absolute atomic E-state index is 0.00385. The monoisotopic (exact) mass is 244 g/mol. The van der Waals surface area contributed by atoms with E-state index in [0.717, 1.165) is 0 Å². The molecule has 0 atom stereocenters. The van der Waals surface area contributed by atoms with Crippen LogP contribution in [0.4, 0.5) is 20.2 Å². The minimum Gasteiger partial charge on any atom is -0.355 e. The molecule has 0 aliphatic rings. The average molecular weight is 244 g/mol. The van der Waals surface area contributed by atoms with Crippen molar-refractivity contribution in [2.75, 3.05) is 5.32 Å². The number of anilines is 2. The van der Waals surface area contributed by atoms with Gasteiger partial charge in [-0.3, -0.25) is 0 Å². The van der Waals surface area contributed by atoms with Gasteiger partial charge in [0.15, 0.2) is 0 Å². The molecule has 2 nitrogen and oxygen atoms in total. The summed E-state index contributed by atoms with van der Waals surface area (Å²) in [7, 11) is 0. The van der Waals surface area contributed by atoms with Gasteiger partial charge in [0, 0.05) is 11.4 Å². The lowest BCUT2D eigenvalue weighted by Crippen LogP contribution is -1.94. The first-order valence-corrected chi connectivity index (χ1v) is 5.33. The van der Waals surface area contributed by atoms with E-state index < -0.39 is 5.82 Å². The Hall–Kier alpha value is -2.41. The number of hydrogen-bond donors (Lipinski definition) is 1. The van der Waals surface area contributed by atoms with Crippen molar-refractivity contribution in [3.05, 3.63) is 59.2 Å². The van der Waals surface area contributed by atoms with Gasteiger partial charge in [-0.25, -0.2) is 8.78 Å². The zero-order valence-corrected chi connectivity index (χ0v) is 9.67. The second-order valence-corrected chi connectivity index (χ2v) is 3.90. The summed E-state index contributed by atoms with van der Waals surface area (Å²) in [5, 5.41) is 11.6. The number of nitriles is 1. The number of rotatable bonds is 2. The third-order valence-electron chi connectivity index (χ3n) is 2.54. The molecular formula is C14H10F2N2. The largest absolute Gasteiger partial charge is 0.355 e. The molecule has 0 saturated heterocycles. The van der Waals surface area contributed by atoms with Crippen LogP contribution >= 0.6 is 0 Å². The normalized spacial score (nSPS) is 9.89. The zero-order chi connectivity index (χ0) is 13.1. The average Bonchev–Trinajstić information content (AvgIpc) is 2.34. The van der Waals surface area contributed by atoms with Crippen LogP contribution in [0.3, 0.4) is 0 Å². The van der Waals surface area contributed by atoms with Crippen LogP contribution < -0.4 is 5.32 Å². The molecule has 0 radical (unpaired) electrons. The van der Waals surface area contributed by atoms with Crippen LogP contribution in [-0.4, -0.2) is 0 Å². The van der Waals surface area contributed by atoms with Crippen LogP contribution in [0.25, 0.3) is 0 Å². The Balaban J connectivity index is 2.26. The predicted octanol–water partition coefficient (Wildman–Crippen LogP) is 3.89. The molecule has 0 aliphatic carbocycles. The smallest absolute Gasteiger partial charge is 0.143 e. The topological polar surface area (TPSA) is 35.8 Å².